The number of nitrogens with zero attached hydrogens (tertiary/aromatic N) is 1. The van der Waals surface area contributed by atoms with Crippen molar-refractivity contribution in [2.24, 2.45) is 0 Å². The van der Waals surface area contributed by atoms with Gasteiger partial charge in [0.05, 0.1) is 29.4 Å². The second-order valence-electron chi connectivity index (χ2n) is 4.58. The van der Waals surface area contributed by atoms with Gasteiger partial charge < -0.3 is 10.1 Å². The Kier molecular flexibility index (Phi) is 5.40. The molecule has 20 heavy (non-hydrogen) atoms. The van der Waals surface area contributed by atoms with Crippen LogP contribution in [0.3, 0.4) is 0 Å². The highest BCUT2D eigenvalue weighted by molar-refractivity contribution is 7.09. The van der Waals surface area contributed by atoms with Crippen molar-refractivity contribution >= 4 is 22.9 Å². The fourth-order valence-electron chi connectivity index (χ4n) is 2.09. The maximum Gasteiger partial charge on any atom is 0.137 e. The van der Waals surface area contributed by atoms with Gasteiger partial charge >= 0.3 is 0 Å². The summed E-state index contributed by atoms with van der Waals surface area (Å²) in [6.45, 7) is 5.15. The van der Waals surface area contributed by atoms with Crippen LogP contribution in [0.2, 0.25) is 5.02 Å². The van der Waals surface area contributed by atoms with Crippen LogP contribution >= 0.6 is 22.9 Å². The second-order valence-corrected chi connectivity index (χ2v) is 5.88. The SMILES string of the molecule is CCCNC(c1ccc(Cl)c(OC)c1)c1scnc1C. The van der Waals surface area contributed by atoms with Crippen LogP contribution in [0.4, 0.5) is 0 Å². The monoisotopic (exact) mass is 310 g/mol. The molecule has 0 fully saturated rings. The number of rotatable bonds is 6. The zero-order chi connectivity index (χ0) is 14.5. The predicted molar refractivity (Wildman–Crippen MR) is 85.0 cm³/mol. The summed E-state index contributed by atoms with van der Waals surface area (Å²) in [6.07, 6.45) is 1.08. The molecule has 0 radical (unpaired) electrons. The quantitative estimate of drug-likeness (QED) is 0.868. The molecule has 1 aromatic heterocycles. The van der Waals surface area contributed by atoms with Crippen molar-refractivity contribution in [1.82, 2.24) is 10.3 Å². The highest BCUT2D eigenvalue weighted by Gasteiger charge is 2.19. The highest BCUT2D eigenvalue weighted by Crippen LogP contribution is 2.33. The maximum absolute atomic E-state index is 6.11. The molecule has 108 valence electrons. The third-order valence-corrected chi connectivity index (χ3v) is 4.46. The lowest BCUT2D eigenvalue weighted by Gasteiger charge is -2.19. The number of thiazole rings is 1. The van der Waals surface area contributed by atoms with Gasteiger partial charge in [0.2, 0.25) is 0 Å². The molecular formula is C15H19ClN2OS. The normalized spacial score (nSPS) is 12.4. The van der Waals surface area contributed by atoms with Crippen molar-refractivity contribution in [3.8, 4) is 5.75 Å². The minimum Gasteiger partial charge on any atom is -0.495 e. The number of hydrogen-bond acceptors (Lipinski definition) is 4. The molecule has 2 aromatic rings. The molecule has 0 aliphatic heterocycles. The van der Waals surface area contributed by atoms with Gasteiger partial charge in [0.25, 0.3) is 0 Å². The van der Waals surface area contributed by atoms with Crippen LogP contribution in [0.15, 0.2) is 23.7 Å². The minimum absolute atomic E-state index is 0.133. The number of aromatic nitrogens is 1. The molecule has 1 unspecified atom stereocenters. The number of benzene rings is 1. The first kappa shape index (κ1) is 15.3. The van der Waals surface area contributed by atoms with Crippen molar-refractivity contribution in [3.63, 3.8) is 0 Å². The Morgan fingerprint density at radius 1 is 1.45 bits per heavy atom. The van der Waals surface area contributed by atoms with Crippen LogP contribution in [0, 0.1) is 6.92 Å². The molecule has 1 aromatic carbocycles. The van der Waals surface area contributed by atoms with E-state index in [1.807, 2.05) is 30.6 Å². The molecule has 1 N–H and O–H groups in total. The van der Waals surface area contributed by atoms with E-state index in [4.69, 9.17) is 16.3 Å². The van der Waals surface area contributed by atoms with E-state index < -0.39 is 0 Å². The zero-order valence-corrected chi connectivity index (χ0v) is 13.5. The van der Waals surface area contributed by atoms with Crippen LogP contribution < -0.4 is 10.1 Å². The lowest BCUT2D eigenvalue weighted by Crippen LogP contribution is -2.23. The first-order valence-corrected chi connectivity index (χ1v) is 7.90. The average molecular weight is 311 g/mol. The third kappa shape index (κ3) is 3.32. The summed E-state index contributed by atoms with van der Waals surface area (Å²) < 4.78 is 5.32. The van der Waals surface area contributed by atoms with Crippen molar-refractivity contribution in [3.05, 3.63) is 44.9 Å². The highest BCUT2D eigenvalue weighted by atomic mass is 35.5. The summed E-state index contributed by atoms with van der Waals surface area (Å²) >= 11 is 7.78. The van der Waals surface area contributed by atoms with Gasteiger partial charge in [0.15, 0.2) is 0 Å². The molecule has 5 heteroatoms. The fraction of sp³-hybridized carbons (Fsp3) is 0.400. The standard InChI is InChI=1S/C15H19ClN2OS/c1-4-7-17-14(15-10(2)18-9-20-15)11-5-6-12(16)13(8-11)19-3/h5-6,8-9,14,17H,4,7H2,1-3H3. The molecule has 0 saturated carbocycles. The molecule has 2 rings (SSSR count). The lowest BCUT2D eigenvalue weighted by atomic mass is 10.0. The molecule has 1 heterocycles. The Bertz CT molecular complexity index is 571. The molecule has 0 aliphatic rings. The summed E-state index contributed by atoms with van der Waals surface area (Å²) in [5.41, 5.74) is 4.10. The molecule has 0 amide bonds. The van der Waals surface area contributed by atoms with E-state index in [1.165, 1.54) is 4.88 Å². The first-order valence-electron chi connectivity index (χ1n) is 6.64. The van der Waals surface area contributed by atoms with E-state index in [0.717, 1.165) is 24.2 Å². The summed E-state index contributed by atoms with van der Waals surface area (Å²) in [5.74, 6) is 0.703. The molecule has 3 nitrogen and oxygen atoms in total. The van der Waals surface area contributed by atoms with Gasteiger partial charge in [0.1, 0.15) is 5.75 Å². The number of methoxy groups -OCH3 is 1. The second kappa shape index (κ2) is 7.07. The Hall–Kier alpha value is -1.10. The molecule has 0 saturated heterocycles. The lowest BCUT2D eigenvalue weighted by molar-refractivity contribution is 0.414. The fourth-order valence-corrected chi connectivity index (χ4v) is 3.19. The van der Waals surface area contributed by atoms with Crippen LogP contribution in [0.5, 0.6) is 5.75 Å². The minimum atomic E-state index is 0.133. The maximum atomic E-state index is 6.11. The molecule has 0 bridgehead atoms. The largest absolute Gasteiger partial charge is 0.495 e. The summed E-state index contributed by atoms with van der Waals surface area (Å²) in [7, 11) is 1.64. The van der Waals surface area contributed by atoms with E-state index in [2.05, 4.69) is 17.2 Å². The summed E-state index contributed by atoms with van der Waals surface area (Å²) in [4.78, 5) is 5.59. The molecule has 1 atom stereocenters. The van der Waals surface area contributed by atoms with Crippen LogP contribution in [0.25, 0.3) is 0 Å². The van der Waals surface area contributed by atoms with Crippen LogP contribution in [-0.2, 0) is 0 Å². The number of aryl methyl sites for hydroxylation is 1. The number of hydrogen-bond donors (Lipinski definition) is 1. The smallest absolute Gasteiger partial charge is 0.137 e. The molecule has 0 spiro atoms. The van der Waals surface area contributed by atoms with Crippen LogP contribution in [0.1, 0.15) is 35.5 Å². The van der Waals surface area contributed by atoms with Gasteiger partial charge in [-0.1, -0.05) is 24.6 Å². The summed E-state index contributed by atoms with van der Waals surface area (Å²) in [5, 5.41) is 4.20. The zero-order valence-electron chi connectivity index (χ0n) is 11.9. The Morgan fingerprint density at radius 3 is 2.85 bits per heavy atom. The molecular weight excluding hydrogens is 292 g/mol. The van der Waals surface area contributed by atoms with Crippen molar-refractivity contribution in [2.45, 2.75) is 26.3 Å². The number of ether oxygens (including phenoxy) is 1. The Morgan fingerprint density at radius 2 is 2.25 bits per heavy atom. The van der Waals surface area contributed by atoms with Crippen molar-refractivity contribution < 1.29 is 4.74 Å². The number of halogens is 1. The third-order valence-electron chi connectivity index (χ3n) is 3.15. The van der Waals surface area contributed by atoms with Crippen molar-refractivity contribution in [1.29, 1.82) is 0 Å². The van der Waals surface area contributed by atoms with Crippen LogP contribution in [-0.4, -0.2) is 18.6 Å². The first-order chi connectivity index (χ1) is 9.67. The van der Waals surface area contributed by atoms with E-state index >= 15 is 0 Å². The Balaban J connectivity index is 2.38. The average Bonchev–Trinajstić information content (AvgIpc) is 2.87. The van der Waals surface area contributed by atoms with E-state index in [9.17, 15) is 0 Å². The van der Waals surface area contributed by atoms with Gasteiger partial charge in [-0.25, -0.2) is 4.98 Å². The summed E-state index contributed by atoms with van der Waals surface area (Å²) in [6, 6.07) is 6.05. The van der Waals surface area contributed by atoms with Gasteiger partial charge in [-0.3, -0.25) is 0 Å². The van der Waals surface area contributed by atoms with Gasteiger partial charge in [-0.2, -0.15) is 0 Å². The Labute approximate surface area is 129 Å². The van der Waals surface area contributed by atoms with Gasteiger partial charge in [-0.05, 0) is 37.6 Å². The number of nitrogens with one attached hydrogen (secondary N) is 1. The molecule has 0 aliphatic carbocycles. The van der Waals surface area contributed by atoms with E-state index in [0.29, 0.717) is 10.8 Å². The van der Waals surface area contributed by atoms with Gasteiger partial charge in [-0.15, -0.1) is 11.3 Å². The van der Waals surface area contributed by atoms with E-state index in [-0.39, 0.29) is 6.04 Å². The topological polar surface area (TPSA) is 34.1 Å². The van der Waals surface area contributed by atoms with Gasteiger partial charge in [0, 0.05) is 4.88 Å². The van der Waals surface area contributed by atoms with Crippen molar-refractivity contribution in [2.75, 3.05) is 13.7 Å². The predicted octanol–water partition coefficient (Wildman–Crippen LogP) is 4.20. The van der Waals surface area contributed by atoms with E-state index in [1.54, 1.807) is 18.4 Å².